The number of rotatable bonds is 4. The molecule has 1 amide bonds. The number of carbonyl (C=O) groups is 2. The number of thiophene rings is 2. The van der Waals surface area contributed by atoms with Gasteiger partial charge >= 0.3 is 5.97 Å². The molecule has 104 valence electrons. The zero-order valence-corrected chi connectivity index (χ0v) is 12.6. The van der Waals surface area contributed by atoms with Crippen molar-refractivity contribution in [2.75, 3.05) is 12.4 Å². The Morgan fingerprint density at radius 3 is 2.75 bits per heavy atom. The Morgan fingerprint density at radius 1 is 1.35 bits per heavy atom. The van der Waals surface area contributed by atoms with E-state index in [-0.39, 0.29) is 5.91 Å². The van der Waals surface area contributed by atoms with Crippen LogP contribution >= 0.6 is 22.7 Å². The molecule has 0 saturated heterocycles. The lowest BCUT2D eigenvalue weighted by atomic mass is 10.3. The monoisotopic (exact) mass is 307 g/mol. The van der Waals surface area contributed by atoms with Crippen molar-refractivity contribution in [3.8, 4) is 0 Å². The van der Waals surface area contributed by atoms with Crippen LogP contribution in [0, 0.1) is 0 Å². The lowest BCUT2D eigenvalue weighted by Gasteiger charge is -1.99. The van der Waals surface area contributed by atoms with Gasteiger partial charge in [0.1, 0.15) is 4.88 Å². The van der Waals surface area contributed by atoms with Gasteiger partial charge < -0.3 is 10.1 Å². The van der Waals surface area contributed by atoms with Gasteiger partial charge in [0.15, 0.2) is 0 Å². The van der Waals surface area contributed by atoms with E-state index >= 15 is 0 Å². The fourth-order valence-corrected chi connectivity index (χ4v) is 3.12. The average molecular weight is 307 g/mol. The molecule has 0 bridgehead atoms. The second-order valence-electron chi connectivity index (χ2n) is 3.91. The molecule has 20 heavy (non-hydrogen) atoms. The molecule has 0 radical (unpaired) electrons. The van der Waals surface area contributed by atoms with Crippen molar-refractivity contribution < 1.29 is 14.3 Å². The molecule has 0 saturated carbocycles. The van der Waals surface area contributed by atoms with E-state index in [1.54, 1.807) is 17.4 Å². The summed E-state index contributed by atoms with van der Waals surface area (Å²) in [5.74, 6) is -0.581. The fraction of sp³-hybridized carbons (Fsp3) is 0.143. The van der Waals surface area contributed by atoms with E-state index < -0.39 is 5.97 Å². The Morgan fingerprint density at radius 2 is 2.15 bits per heavy atom. The Hall–Kier alpha value is -1.92. The number of carbonyl (C=O) groups excluding carboxylic acids is 2. The number of anilines is 1. The molecule has 1 N–H and O–H groups in total. The SMILES string of the molecule is COC(=O)c1cc(NC(C)=O)c(/C=C\c2cccs2)s1. The van der Waals surface area contributed by atoms with E-state index in [4.69, 9.17) is 4.74 Å². The molecule has 0 aliphatic heterocycles. The van der Waals surface area contributed by atoms with E-state index in [0.29, 0.717) is 10.6 Å². The summed E-state index contributed by atoms with van der Waals surface area (Å²) in [4.78, 5) is 25.1. The second kappa shape index (κ2) is 6.49. The summed E-state index contributed by atoms with van der Waals surface area (Å²) in [7, 11) is 1.33. The number of methoxy groups -OCH3 is 1. The van der Waals surface area contributed by atoms with E-state index in [9.17, 15) is 9.59 Å². The minimum absolute atomic E-state index is 0.176. The van der Waals surface area contributed by atoms with Crippen LogP contribution in [0.15, 0.2) is 23.6 Å². The molecular weight excluding hydrogens is 294 g/mol. The molecule has 0 aromatic carbocycles. The molecule has 0 aliphatic rings. The summed E-state index contributed by atoms with van der Waals surface area (Å²) in [5.41, 5.74) is 0.621. The predicted octanol–water partition coefficient (Wildman–Crippen LogP) is 3.73. The first-order chi connectivity index (χ1) is 9.60. The summed E-state index contributed by atoms with van der Waals surface area (Å²) < 4.78 is 4.70. The molecule has 2 aromatic heterocycles. The number of hydrogen-bond donors (Lipinski definition) is 1. The summed E-state index contributed by atoms with van der Waals surface area (Å²) >= 11 is 2.90. The Balaban J connectivity index is 2.31. The molecule has 2 rings (SSSR count). The van der Waals surface area contributed by atoms with E-state index in [0.717, 1.165) is 9.75 Å². The summed E-state index contributed by atoms with van der Waals surface area (Å²) in [6.45, 7) is 1.43. The third-order valence-corrected chi connectivity index (χ3v) is 4.32. The van der Waals surface area contributed by atoms with Crippen LogP contribution in [0.5, 0.6) is 0 Å². The van der Waals surface area contributed by atoms with Crippen LogP contribution in [0.2, 0.25) is 0 Å². The number of ether oxygens (including phenoxy) is 1. The van der Waals surface area contributed by atoms with E-state index in [2.05, 4.69) is 5.32 Å². The van der Waals surface area contributed by atoms with E-state index in [1.807, 2.05) is 29.7 Å². The van der Waals surface area contributed by atoms with Crippen LogP contribution in [0.3, 0.4) is 0 Å². The van der Waals surface area contributed by atoms with Crippen LogP contribution in [0.4, 0.5) is 5.69 Å². The van der Waals surface area contributed by atoms with Crippen molar-refractivity contribution in [2.24, 2.45) is 0 Å². The van der Waals surface area contributed by atoms with Gasteiger partial charge in [0.2, 0.25) is 5.91 Å². The highest BCUT2D eigenvalue weighted by molar-refractivity contribution is 7.15. The molecule has 0 unspecified atom stereocenters. The van der Waals surface area contributed by atoms with Crippen LogP contribution in [0.1, 0.15) is 26.3 Å². The number of hydrogen-bond acceptors (Lipinski definition) is 5. The third-order valence-electron chi connectivity index (χ3n) is 2.40. The highest BCUT2D eigenvalue weighted by atomic mass is 32.1. The molecule has 2 aromatic rings. The second-order valence-corrected chi connectivity index (χ2v) is 5.97. The van der Waals surface area contributed by atoms with Gasteiger partial charge in [-0.2, -0.15) is 0 Å². The molecule has 0 spiro atoms. The summed E-state index contributed by atoms with van der Waals surface area (Å²) in [6.07, 6.45) is 3.83. The molecular formula is C14H13NO3S2. The lowest BCUT2D eigenvalue weighted by Crippen LogP contribution is -2.05. The Bertz CT molecular complexity index is 641. The predicted molar refractivity (Wildman–Crippen MR) is 83.2 cm³/mol. The lowest BCUT2D eigenvalue weighted by molar-refractivity contribution is -0.114. The maximum absolute atomic E-state index is 11.6. The minimum Gasteiger partial charge on any atom is -0.465 e. The van der Waals surface area contributed by atoms with Crippen molar-refractivity contribution >= 4 is 52.4 Å². The summed E-state index contributed by atoms with van der Waals surface area (Å²) in [5, 5.41) is 4.71. The molecule has 4 nitrogen and oxygen atoms in total. The number of nitrogens with one attached hydrogen (secondary N) is 1. The third kappa shape index (κ3) is 3.55. The zero-order valence-electron chi connectivity index (χ0n) is 11.0. The average Bonchev–Trinajstić information content (AvgIpc) is 3.04. The van der Waals surface area contributed by atoms with Crippen LogP contribution in [-0.2, 0) is 9.53 Å². The van der Waals surface area contributed by atoms with Gasteiger partial charge in [-0.3, -0.25) is 4.79 Å². The van der Waals surface area contributed by atoms with Gasteiger partial charge in [0, 0.05) is 11.8 Å². The maximum atomic E-state index is 11.6. The van der Waals surface area contributed by atoms with Crippen molar-refractivity contribution in [1.82, 2.24) is 0 Å². The van der Waals surface area contributed by atoms with Crippen LogP contribution in [0.25, 0.3) is 12.2 Å². The quantitative estimate of drug-likeness (QED) is 0.876. The first-order valence-corrected chi connectivity index (χ1v) is 7.51. The van der Waals surface area contributed by atoms with Gasteiger partial charge in [0.05, 0.1) is 17.7 Å². The summed E-state index contributed by atoms with van der Waals surface area (Å²) in [6, 6.07) is 5.59. The molecule has 0 fully saturated rings. The van der Waals surface area contributed by atoms with Crippen molar-refractivity contribution in [1.29, 1.82) is 0 Å². The van der Waals surface area contributed by atoms with Gasteiger partial charge in [-0.1, -0.05) is 6.07 Å². The van der Waals surface area contributed by atoms with Crippen molar-refractivity contribution in [3.63, 3.8) is 0 Å². The molecule has 0 atom stereocenters. The topological polar surface area (TPSA) is 55.4 Å². The Kier molecular flexibility index (Phi) is 4.70. The number of esters is 1. The first kappa shape index (κ1) is 14.5. The maximum Gasteiger partial charge on any atom is 0.348 e. The van der Waals surface area contributed by atoms with Crippen molar-refractivity contribution in [3.05, 3.63) is 38.2 Å². The Labute approximate surface area is 124 Å². The van der Waals surface area contributed by atoms with Gasteiger partial charge in [-0.05, 0) is 29.7 Å². The molecule has 0 aliphatic carbocycles. The van der Waals surface area contributed by atoms with Crippen molar-refractivity contribution in [2.45, 2.75) is 6.92 Å². The van der Waals surface area contributed by atoms with E-state index in [1.165, 1.54) is 25.4 Å². The molecule has 6 heteroatoms. The molecule has 2 heterocycles. The number of amides is 1. The van der Waals surface area contributed by atoms with Crippen LogP contribution in [-0.4, -0.2) is 19.0 Å². The van der Waals surface area contributed by atoms with Gasteiger partial charge in [-0.15, -0.1) is 22.7 Å². The normalized spacial score (nSPS) is 10.7. The highest BCUT2D eigenvalue weighted by Crippen LogP contribution is 2.30. The highest BCUT2D eigenvalue weighted by Gasteiger charge is 2.14. The van der Waals surface area contributed by atoms with Gasteiger partial charge in [0.25, 0.3) is 0 Å². The van der Waals surface area contributed by atoms with Crippen LogP contribution < -0.4 is 5.32 Å². The minimum atomic E-state index is -0.405. The zero-order chi connectivity index (χ0) is 14.5. The largest absolute Gasteiger partial charge is 0.465 e. The van der Waals surface area contributed by atoms with Gasteiger partial charge in [-0.25, -0.2) is 4.79 Å². The standard InChI is InChI=1S/C14H13NO3S2/c1-9(16)15-11-8-13(14(17)18-2)20-12(11)6-5-10-4-3-7-19-10/h3-8H,1-2H3,(H,15,16)/b6-5-. The first-order valence-electron chi connectivity index (χ1n) is 5.81. The smallest absolute Gasteiger partial charge is 0.348 e. The fourth-order valence-electron chi connectivity index (χ4n) is 1.56.